The number of nitrogens with one attached hydrogen (secondary N) is 1. The van der Waals surface area contributed by atoms with Crippen LogP contribution in [-0.4, -0.2) is 46.7 Å². The van der Waals surface area contributed by atoms with Gasteiger partial charge in [-0.25, -0.2) is 0 Å². The molecule has 1 aromatic carbocycles. The van der Waals surface area contributed by atoms with Gasteiger partial charge in [0.2, 0.25) is 5.91 Å². The Labute approximate surface area is 157 Å². The van der Waals surface area contributed by atoms with Crippen molar-refractivity contribution in [2.75, 3.05) is 26.0 Å². The Kier molecular flexibility index (Phi) is 8.30. The van der Waals surface area contributed by atoms with Crippen molar-refractivity contribution in [2.24, 2.45) is 0 Å². The summed E-state index contributed by atoms with van der Waals surface area (Å²) in [6, 6.07) is 8.45. The number of thioether (sulfide) groups is 2. The molecule has 1 N–H and O–H groups in total. The van der Waals surface area contributed by atoms with Gasteiger partial charge in [0.05, 0.1) is 18.1 Å². The standard InChI is InChI=1S/C17H24N4O2S2/c1-4-21-15(11-24-14-7-5-13(2)6-8-14)19-20-17(21)25-12-16(22)18-9-10-23-3/h5-8H,4,9-12H2,1-3H3,(H,18,22). The van der Waals surface area contributed by atoms with Crippen LogP contribution in [0.5, 0.6) is 0 Å². The van der Waals surface area contributed by atoms with Crippen LogP contribution < -0.4 is 5.32 Å². The van der Waals surface area contributed by atoms with Crippen LogP contribution in [0, 0.1) is 6.92 Å². The molecular formula is C17H24N4O2S2. The second-order valence-corrected chi connectivity index (χ2v) is 7.37. The van der Waals surface area contributed by atoms with Gasteiger partial charge in [-0.15, -0.1) is 22.0 Å². The van der Waals surface area contributed by atoms with Crippen LogP contribution in [0.4, 0.5) is 0 Å². The molecule has 0 saturated heterocycles. The number of carbonyl (C=O) groups is 1. The maximum absolute atomic E-state index is 11.8. The van der Waals surface area contributed by atoms with E-state index in [0.29, 0.717) is 18.9 Å². The predicted octanol–water partition coefficient (Wildman–Crippen LogP) is 2.75. The van der Waals surface area contributed by atoms with Gasteiger partial charge in [0, 0.05) is 25.1 Å². The van der Waals surface area contributed by atoms with Gasteiger partial charge in [0.25, 0.3) is 0 Å². The first-order valence-corrected chi connectivity index (χ1v) is 10.1. The maximum atomic E-state index is 11.8. The van der Waals surface area contributed by atoms with E-state index in [2.05, 4.69) is 58.2 Å². The third-order valence-corrected chi connectivity index (χ3v) is 5.43. The van der Waals surface area contributed by atoms with Crippen molar-refractivity contribution >= 4 is 29.4 Å². The highest BCUT2D eigenvalue weighted by atomic mass is 32.2. The highest BCUT2D eigenvalue weighted by Crippen LogP contribution is 2.24. The molecule has 0 bridgehead atoms. The molecule has 0 unspecified atom stereocenters. The SMILES string of the molecule is CCn1c(CSc2ccc(C)cc2)nnc1SCC(=O)NCCOC. The lowest BCUT2D eigenvalue weighted by molar-refractivity contribution is -0.118. The first-order valence-electron chi connectivity index (χ1n) is 8.14. The topological polar surface area (TPSA) is 69.0 Å². The second kappa shape index (κ2) is 10.5. The molecule has 136 valence electrons. The van der Waals surface area contributed by atoms with E-state index in [0.717, 1.165) is 23.3 Å². The van der Waals surface area contributed by atoms with Gasteiger partial charge in [-0.1, -0.05) is 29.5 Å². The van der Waals surface area contributed by atoms with Crippen LogP contribution in [-0.2, 0) is 21.8 Å². The Balaban J connectivity index is 1.88. The molecule has 1 heterocycles. The highest BCUT2D eigenvalue weighted by Gasteiger charge is 2.13. The minimum absolute atomic E-state index is 0.0247. The van der Waals surface area contributed by atoms with Gasteiger partial charge in [-0.2, -0.15) is 0 Å². The van der Waals surface area contributed by atoms with Crippen LogP contribution in [0.25, 0.3) is 0 Å². The number of methoxy groups -OCH3 is 1. The first kappa shape index (κ1) is 19.8. The lowest BCUT2D eigenvalue weighted by Gasteiger charge is -2.08. The largest absolute Gasteiger partial charge is 0.383 e. The number of hydrogen-bond donors (Lipinski definition) is 1. The summed E-state index contributed by atoms with van der Waals surface area (Å²) in [6.07, 6.45) is 0. The number of aromatic nitrogens is 3. The fraction of sp³-hybridized carbons (Fsp3) is 0.471. The summed E-state index contributed by atoms with van der Waals surface area (Å²) in [4.78, 5) is 13.0. The van der Waals surface area contributed by atoms with Crippen LogP contribution in [0.3, 0.4) is 0 Å². The molecule has 6 nitrogen and oxygen atoms in total. The van der Waals surface area contributed by atoms with Crippen molar-refractivity contribution in [1.29, 1.82) is 0 Å². The van der Waals surface area contributed by atoms with Gasteiger partial charge in [-0.05, 0) is 26.0 Å². The molecule has 2 aromatic rings. The van der Waals surface area contributed by atoms with Crippen LogP contribution >= 0.6 is 23.5 Å². The summed E-state index contributed by atoms with van der Waals surface area (Å²) < 4.78 is 6.98. The number of amides is 1. The Morgan fingerprint density at radius 2 is 2.00 bits per heavy atom. The summed E-state index contributed by atoms with van der Waals surface area (Å²) >= 11 is 3.15. The molecule has 8 heteroatoms. The third kappa shape index (κ3) is 6.37. The van der Waals surface area contributed by atoms with Gasteiger partial charge < -0.3 is 14.6 Å². The van der Waals surface area contributed by atoms with Crippen LogP contribution in [0.15, 0.2) is 34.3 Å². The minimum Gasteiger partial charge on any atom is -0.383 e. The molecule has 0 aliphatic carbocycles. The summed E-state index contributed by atoms with van der Waals surface area (Å²) in [5, 5.41) is 12.1. The third-order valence-electron chi connectivity index (χ3n) is 3.46. The Hall–Kier alpha value is -1.51. The number of aryl methyl sites for hydroxylation is 1. The van der Waals surface area contributed by atoms with E-state index in [9.17, 15) is 4.79 Å². The van der Waals surface area contributed by atoms with Gasteiger partial charge >= 0.3 is 0 Å². The average Bonchev–Trinajstić information content (AvgIpc) is 3.01. The maximum Gasteiger partial charge on any atom is 0.230 e. The summed E-state index contributed by atoms with van der Waals surface area (Å²) in [5.74, 6) is 1.98. The molecule has 2 rings (SSSR count). The predicted molar refractivity (Wildman–Crippen MR) is 102 cm³/mol. The molecule has 0 saturated carbocycles. The number of hydrogen-bond acceptors (Lipinski definition) is 6. The van der Waals surface area contributed by atoms with Gasteiger partial charge in [0.1, 0.15) is 5.82 Å². The Morgan fingerprint density at radius 3 is 2.68 bits per heavy atom. The molecule has 1 amide bonds. The zero-order chi connectivity index (χ0) is 18.1. The van der Waals surface area contributed by atoms with E-state index in [1.165, 1.54) is 22.2 Å². The van der Waals surface area contributed by atoms with E-state index in [1.807, 2.05) is 0 Å². The van der Waals surface area contributed by atoms with Crippen molar-refractivity contribution in [1.82, 2.24) is 20.1 Å². The first-order chi connectivity index (χ1) is 12.1. The highest BCUT2D eigenvalue weighted by molar-refractivity contribution is 7.99. The van der Waals surface area contributed by atoms with Crippen molar-refractivity contribution in [3.8, 4) is 0 Å². The molecule has 0 spiro atoms. The molecule has 0 aliphatic heterocycles. The summed E-state index contributed by atoms with van der Waals surface area (Å²) in [6.45, 7) is 5.96. The quantitative estimate of drug-likeness (QED) is 0.505. The lowest BCUT2D eigenvalue weighted by atomic mass is 10.2. The number of ether oxygens (including phenoxy) is 1. The molecular weight excluding hydrogens is 356 g/mol. The van der Waals surface area contributed by atoms with E-state index < -0.39 is 0 Å². The second-order valence-electron chi connectivity index (χ2n) is 5.38. The zero-order valence-electron chi connectivity index (χ0n) is 14.8. The molecule has 1 aromatic heterocycles. The molecule has 0 radical (unpaired) electrons. The molecule has 0 fully saturated rings. The molecule has 0 atom stereocenters. The van der Waals surface area contributed by atoms with E-state index in [-0.39, 0.29) is 5.91 Å². The van der Waals surface area contributed by atoms with Crippen molar-refractivity contribution in [2.45, 2.75) is 36.2 Å². The van der Waals surface area contributed by atoms with E-state index in [4.69, 9.17) is 4.74 Å². The minimum atomic E-state index is -0.0247. The average molecular weight is 381 g/mol. The van der Waals surface area contributed by atoms with E-state index >= 15 is 0 Å². The fourth-order valence-corrected chi connectivity index (χ4v) is 3.80. The van der Waals surface area contributed by atoms with Crippen molar-refractivity contribution < 1.29 is 9.53 Å². The summed E-state index contributed by atoms with van der Waals surface area (Å²) in [7, 11) is 1.61. The zero-order valence-corrected chi connectivity index (χ0v) is 16.5. The number of rotatable bonds is 10. The number of benzene rings is 1. The number of carbonyl (C=O) groups excluding carboxylic acids is 1. The normalized spacial score (nSPS) is 10.8. The van der Waals surface area contributed by atoms with Gasteiger partial charge in [-0.3, -0.25) is 4.79 Å². The lowest BCUT2D eigenvalue weighted by Crippen LogP contribution is -2.28. The smallest absolute Gasteiger partial charge is 0.230 e. The van der Waals surface area contributed by atoms with Gasteiger partial charge in [0.15, 0.2) is 5.16 Å². The van der Waals surface area contributed by atoms with Crippen molar-refractivity contribution in [3.63, 3.8) is 0 Å². The Bertz CT molecular complexity index is 674. The monoisotopic (exact) mass is 380 g/mol. The molecule has 25 heavy (non-hydrogen) atoms. The van der Waals surface area contributed by atoms with Crippen molar-refractivity contribution in [3.05, 3.63) is 35.7 Å². The fourth-order valence-electron chi connectivity index (χ4n) is 2.11. The van der Waals surface area contributed by atoms with Crippen LogP contribution in [0.1, 0.15) is 18.3 Å². The van der Waals surface area contributed by atoms with E-state index in [1.54, 1.807) is 18.9 Å². The number of nitrogens with zero attached hydrogens (tertiary/aromatic N) is 3. The Morgan fingerprint density at radius 1 is 1.24 bits per heavy atom. The molecule has 0 aliphatic rings. The summed E-state index contributed by atoms with van der Waals surface area (Å²) in [5.41, 5.74) is 1.25. The van der Waals surface area contributed by atoms with Crippen LogP contribution in [0.2, 0.25) is 0 Å².